The molecule has 1 N–H and O–H groups in total. The van der Waals surface area contributed by atoms with Gasteiger partial charge < -0.3 is 5.32 Å². The van der Waals surface area contributed by atoms with E-state index in [2.05, 4.69) is 57.9 Å². The fourth-order valence-electron chi connectivity index (χ4n) is 2.96. The predicted octanol–water partition coefficient (Wildman–Crippen LogP) is 4.34. The topological polar surface area (TPSA) is 42.7 Å². The maximum absolute atomic E-state index is 4.39. The van der Waals surface area contributed by atoms with Crippen LogP contribution in [0.5, 0.6) is 0 Å². The van der Waals surface area contributed by atoms with Gasteiger partial charge in [0.2, 0.25) is 0 Å². The molecule has 4 heteroatoms. The Bertz CT molecular complexity index is 1000. The highest BCUT2D eigenvalue weighted by Crippen LogP contribution is 2.31. The lowest BCUT2D eigenvalue weighted by molar-refractivity contribution is 0.768. The molecule has 2 aromatic carbocycles. The molecule has 0 fully saturated rings. The van der Waals surface area contributed by atoms with Gasteiger partial charge in [-0.15, -0.1) is 0 Å². The first-order valence-electron chi connectivity index (χ1n) is 7.89. The van der Waals surface area contributed by atoms with Crippen molar-refractivity contribution in [2.75, 3.05) is 12.4 Å². The Labute approximate surface area is 140 Å². The lowest BCUT2D eigenvalue weighted by atomic mass is 9.98. The molecule has 4 nitrogen and oxygen atoms in total. The zero-order valence-corrected chi connectivity index (χ0v) is 13.7. The monoisotopic (exact) mass is 314 g/mol. The van der Waals surface area contributed by atoms with E-state index in [1.807, 2.05) is 43.6 Å². The number of anilines is 1. The van der Waals surface area contributed by atoms with Gasteiger partial charge in [-0.2, -0.15) is 5.10 Å². The summed E-state index contributed by atoms with van der Waals surface area (Å²) < 4.78 is 1.82. The molecule has 4 aromatic rings. The molecular formula is C20H18N4. The molecule has 0 saturated carbocycles. The average Bonchev–Trinajstić information content (AvgIpc) is 3.07. The van der Waals surface area contributed by atoms with Gasteiger partial charge in [-0.1, -0.05) is 30.3 Å². The van der Waals surface area contributed by atoms with Crippen molar-refractivity contribution in [3.8, 4) is 22.3 Å². The highest BCUT2D eigenvalue weighted by atomic mass is 15.2. The molecule has 24 heavy (non-hydrogen) atoms. The van der Waals surface area contributed by atoms with Crippen molar-refractivity contribution in [2.24, 2.45) is 7.05 Å². The SMILES string of the molecule is CNc1ccc2cncc(-c3ccc(-c4cnn(C)c4)cc3)c2c1. The Morgan fingerprint density at radius 1 is 0.875 bits per heavy atom. The van der Waals surface area contributed by atoms with Gasteiger partial charge in [-0.3, -0.25) is 9.67 Å². The lowest BCUT2D eigenvalue weighted by Gasteiger charge is -2.09. The van der Waals surface area contributed by atoms with Crippen LogP contribution in [0.3, 0.4) is 0 Å². The van der Waals surface area contributed by atoms with Crippen molar-refractivity contribution >= 4 is 16.5 Å². The van der Waals surface area contributed by atoms with E-state index in [4.69, 9.17) is 0 Å². The zero-order chi connectivity index (χ0) is 16.5. The fourth-order valence-corrected chi connectivity index (χ4v) is 2.96. The molecule has 0 atom stereocenters. The maximum Gasteiger partial charge on any atom is 0.0568 e. The maximum atomic E-state index is 4.39. The van der Waals surface area contributed by atoms with Gasteiger partial charge in [0, 0.05) is 54.9 Å². The fraction of sp³-hybridized carbons (Fsp3) is 0.100. The van der Waals surface area contributed by atoms with Gasteiger partial charge in [0.15, 0.2) is 0 Å². The quantitative estimate of drug-likeness (QED) is 0.611. The Morgan fingerprint density at radius 3 is 2.38 bits per heavy atom. The number of aryl methyl sites for hydroxylation is 1. The van der Waals surface area contributed by atoms with Crippen LogP contribution in [0.15, 0.2) is 67.3 Å². The molecule has 0 aliphatic carbocycles. The number of hydrogen-bond acceptors (Lipinski definition) is 3. The third-order valence-corrected chi connectivity index (χ3v) is 4.28. The van der Waals surface area contributed by atoms with E-state index in [0.717, 1.165) is 33.3 Å². The minimum atomic E-state index is 1.10. The highest BCUT2D eigenvalue weighted by Gasteiger charge is 2.07. The Hall–Kier alpha value is -3.14. The first kappa shape index (κ1) is 14.5. The van der Waals surface area contributed by atoms with Crippen molar-refractivity contribution in [3.05, 3.63) is 67.3 Å². The minimum absolute atomic E-state index is 1.10. The standard InChI is InChI=1S/C20H18N4/c1-21-18-8-7-16-10-22-12-20(19(16)9-18)15-5-3-14(4-6-15)17-11-23-24(2)13-17/h3-13,21H,1-2H3. The first-order chi connectivity index (χ1) is 11.7. The van der Waals surface area contributed by atoms with Crippen LogP contribution in [-0.4, -0.2) is 21.8 Å². The van der Waals surface area contributed by atoms with Crippen LogP contribution in [-0.2, 0) is 7.05 Å². The van der Waals surface area contributed by atoms with Crippen LogP contribution in [0, 0.1) is 0 Å². The van der Waals surface area contributed by atoms with Crippen LogP contribution >= 0.6 is 0 Å². The molecule has 4 rings (SSSR count). The molecule has 0 saturated heterocycles. The normalized spacial score (nSPS) is 10.9. The van der Waals surface area contributed by atoms with Crippen LogP contribution in [0.1, 0.15) is 0 Å². The van der Waals surface area contributed by atoms with E-state index >= 15 is 0 Å². The van der Waals surface area contributed by atoms with Crippen molar-refractivity contribution < 1.29 is 0 Å². The second-order valence-corrected chi connectivity index (χ2v) is 5.85. The summed E-state index contributed by atoms with van der Waals surface area (Å²) in [6.07, 6.45) is 7.74. The molecule has 2 aromatic heterocycles. The second-order valence-electron chi connectivity index (χ2n) is 5.85. The van der Waals surface area contributed by atoms with Gasteiger partial charge in [0.25, 0.3) is 0 Å². The summed E-state index contributed by atoms with van der Waals surface area (Å²) in [7, 11) is 3.86. The predicted molar refractivity (Wildman–Crippen MR) is 98.9 cm³/mol. The smallest absolute Gasteiger partial charge is 0.0568 e. The van der Waals surface area contributed by atoms with E-state index in [1.165, 1.54) is 5.39 Å². The van der Waals surface area contributed by atoms with Gasteiger partial charge in [-0.05, 0) is 28.6 Å². The molecule has 0 spiro atoms. The molecule has 0 radical (unpaired) electrons. The number of aromatic nitrogens is 3. The Balaban J connectivity index is 1.80. The van der Waals surface area contributed by atoms with Crippen LogP contribution < -0.4 is 5.32 Å². The summed E-state index contributed by atoms with van der Waals surface area (Å²) in [5, 5.41) is 9.78. The molecular weight excluding hydrogens is 296 g/mol. The summed E-state index contributed by atoms with van der Waals surface area (Å²) in [5.41, 5.74) is 5.69. The highest BCUT2D eigenvalue weighted by molar-refractivity contribution is 5.97. The number of fused-ring (bicyclic) bond motifs is 1. The molecule has 118 valence electrons. The van der Waals surface area contributed by atoms with E-state index in [0.29, 0.717) is 0 Å². The van der Waals surface area contributed by atoms with Crippen molar-refractivity contribution in [2.45, 2.75) is 0 Å². The average molecular weight is 314 g/mol. The summed E-state index contributed by atoms with van der Waals surface area (Å²) in [4.78, 5) is 4.39. The second kappa shape index (κ2) is 5.81. The minimum Gasteiger partial charge on any atom is -0.388 e. The Kier molecular flexibility index (Phi) is 3.50. The van der Waals surface area contributed by atoms with Gasteiger partial charge in [-0.25, -0.2) is 0 Å². The van der Waals surface area contributed by atoms with Gasteiger partial charge in [0.1, 0.15) is 0 Å². The van der Waals surface area contributed by atoms with Crippen molar-refractivity contribution in [3.63, 3.8) is 0 Å². The van der Waals surface area contributed by atoms with E-state index in [-0.39, 0.29) is 0 Å². The zero-order valence-electron chi connectivity index (χ0n) is 13.7. The van der Waals surface area contributed by atoms with E-state index in [1.54, 1.807) is 0 Å². The van der Waals surface area contributed by atoms with E-state index < -0.39 is 0 Å². The van der Waals surface area contributed by atoms with Gasteiger partial charge in [0.05, 0.1) is 6.20 Å². The number of hydrogen-bond donors (Lipinski definition) is 1. The first-order valence-corrected chi connectivity index (χ1v) is 7.89. The number of pyridine rings is 1. The summed E-state index contributed by atoms with van der Waals surface area (Å²) >= 11 is 0. The molecule has 0 aliphatic heterocycles. The van der Waals surface area contributed by atoms with Gasteiger partial charge >= 0.3 is 0 Å². The molecule has 0 aliphatic rings. The summed E-state index contributed by atoms with van der Waals surface area (Å²) in [6, 6.07) is 14.9. The van der Waals surface area contributed by atoms with Crippen LogP contribution in [0.2, 0.25) is 0 Å². The van der Waals surface area contributed by atoms with Crippen LogP contribution in [0.25, 0.3) is 33.0 Å². The summed E-state index contributed by atoms with van der Waals surface area (Å²) in [5.74, 6) is 0. The molecule has 0 bridgehead atoms. The van der Waals surface area contributed by atoms with Crippen LogP contribution in [0.4, 0.5) is 5.69 Å². The number of nitrogens with one attached hydrogen (secondary N) is 1. The Morgan fingerprint density at radius 2 is 1.67 bits per heavy atom. The molecule has 0 amide bonds. The van der Waals surface area contributed by atoms with Crippen molar-refractivity contribution in [1.82, 2.24) is 14.8 Å². The number of nitrogens with zero attached hydrogens (tertiary/aromatic N) is 3. The van der Waals surface area contributed by atoms with Crippen molar-refractivity contribution in [1.29, 1.82) is 0 Å². The molecule has 0 unspecified atom stereocenters. The summed E-state index contributed by atoms with van der Waals surface area (Å²) in [6.45, 7) is 0. The largest absolute Gasteiger partial charge is 0.388 e. The third kappa shape index (κ3) is 2.52. The molecule has 2 heterocycles. The van der Waals surface area contributed by atoms with E-state index in [9.17, 15) is 0 Å². The lowest BCUT2D eigenvalue weighted by Crippen LogP contribution is -1.89. The third-order valence-electron chi connectivity index (χ3n) is 4.28. The number of benzene rings is 2. The number of rotatable bonds is 3.